The van der Waals surface area contributed by atoms with Crippen molar-refractivity contribution < 1.29 is 22.7 Å². The van der Waals surface area contributed by atoms with E-state index in [1.54, 1.807) is 31.2 Å². The predicted octanol–water partition coefficient (Wildman–Crippen LogP) is 4.97. The molecule has 0 amide bonds. The molecule has 0 radical (unpaired) electrons. The first-order valence-corrected chi connectivity index (χ1v) is 11.6. The first-order chi connectivity index (χ1) is 15.3. The Bertz CT molecular complexity index is 1390. The highest BCUT2D eigenvalue weighted by molar-refractivity contribution is 7.92. The van der Waals surface area contributed by atoms with Crippen LogP contribution in [-0.4, -0.2) is 31.0 Å². The Morgan fingerprint density at radius 1 is 1.03 bits per heavy atom. The molecule has 1 heterocycles. The van der Waals surface area contributed by atoms with Crippen LogP contribution in [0, 0.1) is 0 Å². The number of aromatic carboxylic acids is 1. The van der Waals surface area contributed by atoms with Crippen molar-refractivity contribution in [3.8, 4) is 11.5 Å². The average molecular weight is 451 g/mol. The Labute approximate surface area is 186 Å². The first kappa shape index (κ1) is 21.6. The summed E-state index contributed by atoms with van der Waals surface area (Å²) in [4.78, 5) is 16.0. The first-order valence-electron chi connectivity index (χ1n) is 10.2. The number of aromatic nitrogens is 1. The van der Waals surface area contributed by atoms with E-state index >= 15 is 0 Å². The summed E-state index contributed by atoms with van der Waals surface area (Å²) in [6.45, 7) is 3.71. The van der Waals surface area contributed by atoms with Gasteiger partial charge in [-0.15, -0.1) is 0 Å². The number of hydrogen-bond donors (Lipinski definition) is 1. The lowest BCUT2D eigenvalue weighted by atomic mass is 10.1. The zero-order valence-electron chi connectivity index (χ0n) is 17.6. The van der Waals surface area contributed by atoms with Crippen LogP contribution < -0.4 is 4.31 Å². The monoisotopic (exact) mass is 450 g/mol. The van der Waals surface area contributed by atoms with E-state index in [0.29, 0.717) is 34.7 Å². The highest BCUT2D eigenvalue weighted by Crippen LogP contribution is 2.30. The van der Waals surface area contributed by atoms with Gasteiger partial charge in [-0.3, -0.25) is 4.31 Å². The lowest BCUT2D eigenvalue weighted by molar-refractivity contribution is 0.0695. The van der Waals surface area contributed by atoms with Crippen molar-refractivity contribution in [2.75, 3.05) is 10.8 Å². The molecule has 0 spiro atoms. The molecule has 7 nitrogen and oxygen atoms in total. The standard InChI is InChI=1S/C24H22N2O5S/c1-3-16-10-12-19(15-20(16)24(27)28)32(29,30)26(4-2)18-11-13-22-21(14-18)25-23(31-22)17-8-6-5-7-9-17/h5-15H,3-4H2,1-2H3,(H,27,28). The summed E-state index contributed by atoms with van der Waals surface area (Å²) in [6, 6.07) is 18.7. The van der Waals surface area contributed by atoms with Crippen molar-refractivity contribution in [3.05, 3.63) is 77.9 Å². The number of anilines is 1. The van der Waals surface area contributed by atoms with Crippen molar-refractivity contribution >= 4 is 32.8 Å². The third-order valence-corrected chi connectivity index (χ3v) is 7.15. The summed E-state index contributed by atoms with van der Waals surface area (Å²) in [5.41, 5.74) is 2.89. The Balaban J connectivity index is 1.76. The summed E-state index contributed by atoms with van der Waals surface area (Å²) >= 11 is 0. The summed E-state index contributed by atoms with van der Waals surface area (Å²) in [5.74, 6) is -0.704. The Morgan fingerprint density at radius 2 is 1.78 bits per heavy atom. The van der Waals surface area contributed by atoms with E-state index in [9.17, 15) is 18.3 Å². The zero-order chi connectivity index (χ0) is 22.9. The molecule has 0 saturated carbocycles. The second kappa shape index (κ2) is 8.47. The molecule has 1 aromatic heterocycles. The number of carboxylic acid groups (broad SMARTS) is 1. The normalized spacial score (nSPS) is 11.6. The quantitative estimate of drug-likeness (QED) is 0.427. The molecule has 0 aliphatic heterocycles. The second-order valence-electron chi connectivity index (χ2n) is 7.18. The van der Waals surface area contributed by atoms with Gasteiger partial charge in [-0.1, -0.05) is 31.2 Å². The number of aryl methyl sites for hydroxylation is 1. The Hall–Kier alpha value is -3.65. The minimum Gasteiger partial charge on any atom is -0.478 e. The molecule has 0 atom stereocenters. The smallest absolute Gasteiger partial charge is 0.336 e. The molecule has 0 bridgehead atoms. The maximum atomic E-state index is 13.4. The summed E-state index contributed by atoms with van der Waals surface area (Å²) in [6.07, 6.45) is 0.492. The highest BCUT2D eigenvalue weighted by Gasteiger charge is 2.26. The number of fused-ring (bicyclic) bond motifs is 1. The number of carboxylic acids is 1. The number of hydrogen-bond acceptors (Lipinski definition) is 5. The van der Waals surface area contributed by atoms with E-state index in [2.05, 4.69) is 4.98 Å². The van der Waals surface area contributed by atoms with Gasteiger partial charge in [-0.05, 0) is 61.4 Å². The van der Waals surface area contributed by atoms with Crippen molar-refractivity contribution in [1.29, 1.82) is 0 Å². The maximum Gasteiger partial charge on any atom is 0.336 e. The minimum atomic E-state index is -3.99. The van der Waals surface area contributed by atoms with Crippen LogP contribution in [0.4, 0.5) is 5.69 Å². The lowest BCUT2D eigenvalue weighted by Gasteiger charge is -2.23. The molecule has 0 unspecified atom stereocenters. The molecule has 1 N–H and O–H groups in total. The van der Waals surface area contributed by atoms with Crippen LogP contribution in [0.15, 0.2) is 76.0 Å². The fraction of sp³-hybridized carbons (Fsp3) is 0.167. The van der Waals surface area contributed by atoms with E-state index < -0.39 is 16.0 Å². The van der Waals surface area contributed by atoms with Gasteiger partial charge in [-0.2, -0.15) is 0 Å². The molecule has 4 aromatic rings. The van der Waals surface area contributed by atoms with Crippen molar-refractivity contribution in [3.63, 3.8) is 0 Å². The van der Waals surface area contributed by atoms with Crippen LogP contribution in [0.25, 0.3) is 22.6 Å². The fourth-order valence-corrected chi connectivity index (χ4v) is 5.11. The summed E-state index contributed by atoms with van der Waals surface area (Å²) < 4.78 is 33.8. The molecule has 0 saturated heterocycles. The molecular weight excluding hydrogens is 428 g/mol. The van der Waals surface area contributed by atoms with Crippen molar-refractivity contribution in [2.24, 2.45) is 0 Å². The van der Waals surface area contributed by atoms with Crippen LogP contribution in [-0.2, 0) is 16.4 Å². The van der Waals surface area contributed by atoms with Crippen molar-refractivity contribution in [1.82, 2.24) is 4.98 Å². The largest absolute Gasteiger partial charge is 0.478 e. The summed E-state index contributed by atoms with van der Waals surface area (Å²) in [7, 11) is -3.99. The van der Waals surface area contributed by atoms with E-state index in [1.165, 1.54) is 16.4 Å². The predicted molar refractivity (Wildman–Crippen MR) is 122 cm³/mol. The van der Waals surface area contributed by atoms with Gasteiger partial charge in [0.2, 0.25) is 5.89 Å². The summed E-state index contributed by atoms with van der Waals surface area (Å²) in [5, 5.41) is 9.49. The van der Waals surface area contributed by atoms with Gasteiger partial charge in [0.15, 0.2) is 5.58 Å². The van der Waals surface area contributed by atoms with Gasteiger partial charge >= 0.3 is 5.97 Å². The molecule has 4 rings (SSSR count). The number of carbonyl (C=O) groups is 1. The van der Waals surface area contributed by atoms with E-state index in [-0.39, 0.29) is 17.0 Å². The molecular formula is C24H22N2O5S. The highest BCUT2D eigenvalue weighted by atomic mass is 32.2. The van der Waals surface area contributed by atoms with E-state index in [4.69, 9.17) is 4.42 Å². The fourth-order valence-electron chi connectivity index (χ4n) is 3.62. The van der Waals surface area contributed by atoms with Crippen LogP contribution in [0.3, 0.4) is 0 Å². The SMILES string of the molecule is CCc1ccc(S(=O)(=O)N(CC)c2ccc3oc(-c4ccccc4)nc3c2)cc1C(=O)O. The van der Waals surface area contributed by atoms with Gasteiger partial charge in [0.1, 0.15) is 5.52 Å². The molecule has 0 fully saturated rings. The second-order valence-corrected chi connectivity index (χ2v) is 9.05. The zero-order valence-corrected chi connectivity index (χ0v) is 18.5. The number of rotatable bonds is 7. The van der Waals surface area contributed by atoms with Gasteiger partial charge < -0.3 is 9.52 Å². The number of oxazole rings is 1. The molecule has 0 aliphatic carbocycles. The average Bonchev–Trinajstić information content (AvgIpc) is 3.23. The number of benzene rings is 3. The van der Waals surface area contributed by atoms with Crippen molar-refractivity contribution in [2.45, 2.75) is 25.2 Å². The van der Waals surface area contributed by atoms with Crippen LogP contribution in [0.5, 0.6) is 0 Å². The van der Waals surface area contributed by atoms with Gasteiger partial charge in [0.25, 0.3) is 10.0 Å². The third-order valence-electron chi connectivity index (χ3n) is 5.25. The third kappa shape index (κ3) is 3.85. The van der Waals surface area contributed by atoms with Gasteiger partial charge in [-0.25, -0.2) is 18.2 Å². The van der Waals surface area contributed by atoms with Gasteiger partial charge in [0.05, 0.1) is 16.1 Å². The maximum absolute atomic E-state index is 13.4. The lowest BCUT2D eigenvalue weighted by Crippen LogP contribution is -2.31. The van der Waals surface area contributed by atoms with Crippen LogP contribution >= 0.6 is 0 Å². The number of nitrogens with zero attached hydrogens (tertiary/aromatic N) is 2. The minimum absolute atomic E-state index is 0.0101. The Kier molecular flexibility index (Phi) is 5.71. The molecule has 3 aromatic carbocycles. The molecule has 8 heteroatoms. The topological polar surface area (TPSA) is 101 Å². The molecule has 32 heavy (non-hydrogen) atoms. The van der Waals surface area contributed by atoms with Crippen LogP contribution in [0.2, 0.25) is 0 Å². The van der Waals surface area contributed by atoms with Crippen LogP contribution in [0.1, 0.15) is 29.8 Å². The molecule has 164 valence electrons. The van der Waals surface area contributed by atoms with Gasteiger partial charge in [0, 0.05) is 12.1 Å². The molecule has 0 aliphatic rings. The Morgan fingerprint density at radius 3 is 2.44 bits per heavy atom. The van der Waals surface area contributed by atoms with E-state index in [1.807, 2.05) is 37.3 Å². The number of sulfonamides is 1. The van der Waals surface area contributed by atoms with E-state index in [0.717, 1.165) is 5.56 Å².